The van der Waals surface area contributed by atoms with Gasteiger partial charge in [0, 0.05) is 30.6 Å². The summed E-state index contributed by atoms with van der Waals surface area (Å²) in [6.45, 7) is 5.25. The number of benzene rings is 1. The van der Waals surface area contributed by atoms with Crippen LogP contribution in [0.25, 0.3) is 0 Å². The van der Waals surface area contributed by atoms with Gasteiger partial charge in [-0.1, -0.05) is 55.3 Å². The predicted molar refractivity (Wildman–Crippen MR) is 140 cm³/mol. The summed E-state index contributed by atoms with van der Waals surface area (Å²) in [5.74, 6) is -1.82. The van der Waals surface area contributed by atoms with Crippen LogP contribution in [0.1, 0.15) is 36.8 Å². The molecule has 7 nitrogen and oxygen atoms in total. The number of cyclic esters (lactones) is 1. The number of hydrogen-bond acceptors (Lipinski definition) is 6. The number of carbonyl (C=O) groups excluding carboxylic acids is 3. The Bertz CT molecular complexity index is 1100. The molecule has 1 N–H and O–H groups in total. The fraction of sp³-hybridized carbons (Fsp3) is 0.536. The smallest absolute Gasteiger partial charge is 0.311 e. The van der Waals surface area contributed by atoms with Gasteiger partial charge in [0.15, 0.2) is 0 Å². The molecule has 4 heterocycles. The number of amides is 2. The second-order valence-corrected chi connectivity index (χ2v) is 11.6. The summed E-state index contributed by atoms with van der Waals surface area (Å²) in [6.07, 6.45) is 11.1. The molecule has 1 aromatic rings. The number of aliphatic hydroxyl groups excluding tert-OH is 1. The molecule has 2 fully saturated rings. The van der Waals surface area contributed by atoms with Gasteiger partial charge in [-0.2, -0.15) is 0 Å². The Morgan fingerprint density at radius 3 is 2.56 bits per heavy atom. The summed E-state index contributed by atoms with van der Waals surface area (Å²) in [6, 6.07) is 5.30. The summed E-state index contributed by atoms with van der Waals surface area (Å²) in [5, 5.41) is 8.91. The lowest BCUT2D eigenvalue weighted by Crippen LogP contribution is -2.53. The molecule has 192 valence electrons. The van der Waals surface area contributed by atoms with E-state index < -0.39 is 22.6 Å². The van der Waals surface area contributed by atoms with E-state index in [1.54, 1.807) is 16.7 Å². The van der Waals surface area contributed by atoms with Crippen LogP contribution in [0.15, 0.2) is 42.5 Å². The first-order valence-corrected chi connectivity index (χ1v) is 13.8. The van der Waals surface area contributed by atoms with Gasteiger partial charge in [-0.15, -0.1) is 11.8 Å². The zero-order valence-corrected chi connectivity index (χ0v) is 21.7. The number of para-hydroxylation sites is 1. The molecule has 0 radical (unpaired) electrons. The first-order chi connectivity index (χ1) is 17.4. The third-order valence-corrected chi connectivity index (χ3v) is 9.67. The summed E-state index contributed by atoms with van der Waals surface area (Å²) < 4.78 is 4.62. The Morgan fingerprint density at radius 1 is 1.06 bits per heavy atom. The van der Waals surface area contributed by atoms with E-state index in [0.717, 1.165) is 42.5 Å². The van der Waals surface area contributed by atoms with Gasteiger partial charge in [0.05, 0.1) is 16.6 Å². The van der Waals surface area contributed by atoms with Crippen molar-refractivity contribution in [2.24, 2.45) is 11.8 Å². The van der Waals surface area contributed by atoms with Crippen LogP contribution in [-0.4, -0.2) is 70.1 Å². The van der Waals surface area contributed by atoms with Gasteiger partial charge in [-0.05, 0) is 37.8 Å². The van der Waals surface area contributed by atoms with Crippen LogP contribution in [0.5, 0.6) is 0 Å². The topological polar surface area (TPSA) is 87.2 Å². The van der Waals surface area contributed by atoms with Crippen molar-refractivity contribution in [3.63, 3.8) is 0 Å². The maximum absolute atomic E-state index is 14.4. The molecule has 1 spiro atoms. The van der Waals surface area contributed by atoms with Gasteiger partial charge in [-0.3, -0.25) is 14.4 Å². The molecule has 0 saturated carbocycles. The van der Waals surface area contributed by atoms with Crippen molar-refractivity contribution in [3.8, 4) is 0 Å². The van der Waals surface area contributed by atoms with Gasteiger partial charge < -0.3 is 19.6 Å². The number of aryl methyl sites for hydroxylation is 2. The second kappa shape index (κ2) is 10.1. The number of hydrogen-bond donors (Lipinski definition) is 1. The molecule has 1 unspecified atom stereocenters. The number of rotatable bonds is 7. The lowest BCUT2D eigenvalue weighted by atomic mass is 9.78. The maximum Gasteiger partial charge on any atom is 0.311 e. The number of nitrogens with zero attached hydrogens (tertiary/aromatic N) is 2. The molecule has 8 heteroatoms. The van der Waals surface area contributed by atoms with Crippen molar-refractivity contribution < 1.29 is 24.2 Å². The van der Waals surface area contributed by atoms with Crippen molar-refractivity contribution in [1.82, 2.24) is 4.90 Å². The van der Waals surface area contributed by atoms with Gasteiger partial charge in [0.25, 0.3) is 5.91 Å². The van der Waals surface area contributed by atoms with E-state index in [4.69, 9.17) is 9.84 Å². The van der Waals surface area contributed by atoms with Gasteiger partial charge in [0.2, 0.25) is 5.91 Å². The number of aliphatic hydroxyl groups is 1. The van der Waals surface area contributed by atoms with E-state index in [0.29, 0.717) is 13.1 Å². The molecule has 0 aromatic heterocycles. The zero-order valence-electron chi connectivity index (χ0n) is 20.9. The van der Waals surface area contributed by atoms with E-state index in [1.807, 2.05) is 61.3 Å². The monoisotopic (exact) mass is 510 g/mol. The van der Waals surface area contributed by atoms with Crippen LogP contribution in [0.2, 0.25) is 0 Å². The highest BCUT2D eigenvalue weighted by atomic mass is 32.2. The van der Waals surface area contributed by atoms with E-state index in [2.05, 4.69) is 0 Å². The Balaban J connectivity index is 1.56. The van der Waals surface area contributed by atoms with Crippen LogP contribution in [0.3, 0.4) is 0 Å². The normalized spacial score (nSPS) is 31.1. The standard InChI is InChI=1S/C28H34N2O5S/c1-18-10-7-11-19(2)23(18)29-15-9-13-28-22(21-20(36-28)12-8-17-35-27(21)34)25(32)30(24(28)26(29)33)14-5-3-4-6-16-31/h7-13,20-22,24,31H,3-6,14-17H2,1-2H3/t20-,21+,22-,24?,28-/m0/s1. The highest BCUT2D eigenvalue weighted by Gasteiger charge is 2.71. The number of esters is 1. The molecule has 4 aliphatic rings. The summed E-state index contributed by atoms with van der Waals surface area (Å²) in [7, 11) is 0. The lowest BCUT2D eigenvalue weighted by molar-refractivity contribution is -0.151. The number of carbonyl (C=O) groups is 3. The molecule has 36 heavy (non-hydrogen) atoms. The molecule has 5 atom stereocenters. The number of ether oxygens (including phenoxy) is 1. The fourth-order valence-electron chi connectivity index (χ4n) is 6.39. The van der Waals surface area contributed by atoms with E-state index >= 15 is 0 Å². The van der Waals surface area contributed by atoms with Crippen molar-refractivity contribution in [1.29, 1.82) is 0 Å². The van der Waals surface area contributed by atoms with Gasteiger partial charge in [0.1, 0.15) is 12.6 Å². The maximum atomic E-state index is 14.4. The summed E-state index contributed by atoms with van der Waals surface area (Å²) in [5.41, 5.74) is 2.92. The Kier molecular flexibility index (Phi) is 7.01. The predicted octanol–water partition coefficient (Wildman–Crippen LogP) is 3.17. The van der Waals surface area contributed by atoms with E-state index in [1.165, 1.54) is 0 Å². The minimum absolute atomic E-state index is 0.0927. The van der Waals surface area contributed by atoms with E-state index in [-0.39, 0.29) is 36.2 Å². The highest BCUT2D eigenvalue weighted by Crippen LogP contribution is 2.61. The quantitative estimate of drug-likeness (QED) is 0.345. The Morgan fingerprint density at radius 2 is 1.81 bits per heavy atom. The largest absolute Gasteiger partial charge is 0.461 e. The van der Waals surface area contributed by atoms with Crippen LogP contribution in [0, 0.1) is 25.7 Å². The molecule has 0 bridgehead atoms. The Hall–Kier alpha value is -2.58. The number of likely N-dealkylation sites (tertiary alicyclic amines) is 1. The number of thioether (sulfide) groups is 1. The Labute approximate surface area is 216 Å². The average Bonchev–Trinajstić information content (AvgIpc) is 3.14. The van der Waals surface area contributed by atoms with Gasteiger partial charge >= 0.3 is 5.97 Å². The van der Waals surface area contributed by atoms with Crippen LogP contribution >= 0.6 is 11.8 Å². The molecule has 2 saturated heterocycles. The third-order valence-electron chi connectivity index (χ3n) is 7.93. The minimum Gasteiger partial charge on any atom is -0.461 e. The second-order valence-electron chi connectivity index (χ2n) is 10.2. The molecule has 4 aliphatic heterocycles. The van der Waals surface area contributed by atoms with Crippen molar-refractivity contribution >= 4 is 35.2 Å². The van der Waals surface area contributed by atoms with E-state index in [9.17, 15) is 14.4 Å². The average molecular weight is 511 g/mol. The molecular formula is C28H34N2O5S. The molecule has 2 amide bonds. The van der Waals surface area contributed by atoms with Gasteiger partial charge in [-0.25, -0.2) is 0 Å². The lowest BCUT2D eigenvalue weighted by Gasteiger charge is -2.36. The minimum atomic E-state index is -0.819. The molecule has 1 aromatic carbocycles. The third kappa shape index (κ3) is 3.98. The van der Waals surface area contributed by atoms with Crippen molar-refractivity contribution in [2.75, 3.05) is 31.2 Å². The molecule has 5 rings (SSSR count). The first kappa shape index (κ1) is 25.1. The number of fused-ring (bicyclic) bond motifs is 2. The van der Waals surface area contributed by atoms with Crippen molar-refractivity contribution in [2.45, 2.75) is 55.6 Å². The zero-order chi connectivity index (χ0) is 25.4. The number of anilines is 1. The fourth-order valence-corrected chi connectivity index (χ4v) is 8.39. The van der Waals surface area contributed by atoms with Crippen LogP contribution in [-0.2, 0) is 19.1 Å². The number of unbranched alkanes of at least 4 members (excludes halogenated alkanes) is 3. The SMILES string of the molecule is Cc1cccc(C)c1N1CC=C[C@]23S[C@H]4C=CCOC(=O)[C@H]4[C@H]2C(=O)N(CCCCCCO)C3C1=O. The summed E-state index contributed by atoms with van der Waals surface area (Å²) in [4.78, 5) is 45.1. The van der Waals surface area contributed by atoms with Crippen molar-refractivity contribution in [3.05, 3.63) is 53.6 Å². The van der Waals surface area contributed by atoms with Crippen LogP contribution < -0.4 is 4.90 Å². The summed E-state index contributed by atoms with van der Waals surface area (Å²) >= 11 is 1.57. The van der Waals surface area contributed by atoms with Crippen LogP contribution in [0.4, 0.5) is 5.69 Å². The molecular weight excluding hydrogens is 476 g/mol. The highest BCUT2D eigenvalue weighted by molar-refractivity contribution is 8.02. The first-order valence-electron chi connectivity index (χ1n) is 12.9. The molecule has 0 aliphatic carbocycles.